The SMILES string of the molecule is CCOC(=O)C(C)(O)Cc1ccccc1[N+](=O)[O-]. The highest BCUT2D eigenvalue weighted by Crippen LogP contribution is 2.23. The van der Waals surface area contributed by atoms with Crippen LogP contribution in [0.2, 0.25) is 0 Å². The van der Waals surface area contributed by atoms with E-state index in [1.807, 2.05) is 0 Å². The van der Waals surface area contributed by atoms with E-state index < -0.39 is 16.5 Å². The molecule has 18 heavy (non-hydrogen) atoms. The maximum Gasteiger partial charge on any atom is 0.338 e. The summed E-state index contributed by atoms with van der Waals surface area (Å²) in [4.78, 5) is 21.8. The molecule has 0 aliphatic heterocycles. The first-order chi connectivity index (χ1) is 8.38. The minimum Gasteiger partial charge on any atom is -0.464 e. The topological polar surface area (TPSA) is 89.7 Å². The van der Waals surface area contributed by atoms with Gasteiger partial charge in [0, 0.05) is 18.1 Å². The van der Waals surface area contributed by atoms with Crippen molar-refractivity contribution in [2.75, 3.05) is 6.61 Å². The average Bonchev–Trinajstić information content (AvgIpc) is 2.29. The van der Waals surface area contributed by atoms with Gasteiger partial charge in [0.1, 0.15) is 0 Å². The lowest BCUT2D eigenvalue weighted by molar-refractivity contribution is -0.385. The van der Waals surface area contributed by atoms with Crippen molar-refractivity contribution in [3.63, 3.8) is 0 Å². The van der Waals surface area contributed by atoms with Gasteiger partial charge >= 0.3 is 5.97 Å². The van der Waals surface area contributed by atoms with Gasteiger partial charge in [0.2, 0.25) is 0 Å². The molecule has 98 valence electrons. The van der Waals surface area contributed by atoms with Gasteiger partial charge < -0.3 is 9.84 Å². The molecule has 0 amide bonds. The van der Waals surface area contributed by atoms with Gasteiger partial charge in [-0.2, -0.15) is 0 Å². The summed E-state index contributed by atoms with van der Waals surface area (Å²) in [6.45, 7) is 3.05. The van der Waals surface area contributed by atoms with Crippen LogP contribution in [0.4, 0.5) is 5.69 Å². The highest BCUT2D eigenvalue weighted by molar-refractivity contribution is 5.79. The van der Waals surface area contributed by atoms with Gasteiger partial charge in [-0.15, -0.1) is 0 Å². The van der Waals surface area contributed by atoms with Gasteiger partial charge in [-0.25, -0.2) is 4.79 Å². The van der Waals surface area contributed by atoms with Crippen molar-refractivity contribution in [3.05, 3.63) is 39.9 Å². The van der Waals surface area contributed by atoms with Crippen LogP contribution in [0.25, 0.3) is 0 Å². The summed E-state index contributed by atoms with van der Waals surface area (Å²) in [6, 6.07) is 5.98. The quantitative estimate of drug-likeness (QED) is 0.487. The van der Waals surface area contributed by atoms with E-state index in [2.05, 4.69) is 0 Å². The Kier molecular flexibility index (Phi) is 4.38. The Labute approximate surface area is 104 Å². The first kappa shape index (κ1) is 14.1. The van der Waals surface area contributed by atoms with Gasteiger partial charge in [-0.3, -0.25) is 10.1 Å². The number of aliphatic hydroxyl groups is 1. The number of hydrogen-bond donors (Lipinski definition) is 1. The molecule has 1 atom stereocenters. The van der Waals surface area contributed by atoms with Crippen molar-refractivity contribution in [2.45, 2.75) is 25.9 Å². The first-order valence-electron chi connectivity index (χ1n) is 5.50. The summed E-state index contributed by atoms with van der Waals surface area (Å²) in [6.07, 6.45) is -0.164. The van der Waals surface area contributed by atoms with E-state index in [0.29, 0.717) is 5.56 Å². The summed E-state index contributed by atoms with van der Waals surface area (Å²) in [5.74, 6) is -0.789. The molecule has 0 fully saturated rings. The van der Waals surface area contributed by atoms with Crippen LogP contribution in [-0.2, 0) is 16.0 Å². The number of esters is 1. The van der Waals surface area contributed by atoms with Gasteiger partial charge in [0.25, 0.3) is 5.69 Å². The number of nitro groups is 1. The second kappa shape index (κ2) is 5.59. The van der Waals surface area contributed by atoms with Crippen LogP contribution in [-0.4, -0.2) is 28.2 Å². The number of ether oxygens (including phenoxy) is 1. The number of nitro benzene ring substituents is 1. The molecule has 0 aliphatic rings. The molecular weight excluding hydrogens is 238 g/mol. The van der Waals surface area contributed by atoms with Crippen LogP contribution in [0, 0.1) is 10.1 Å². The predicted molar refractivity (Wildman–Crippen MR) is 64.1 cm³/mol. The number of rotatable bonds is 5. The standard InChI is InChI=1S/C12H15NO5/c1-3-18-11(14)12(2,15)8-9-6-4-5-7-10(9)13(16)17/h4-7,15H,3,8H2,1-2H3. The van der Waals surface area contributed by atoms with Gasteiger partial charge in [0.05, 0.1) is 11.5 Å². The Hall–Kier alpha value is -1.95. The van der Waals surface area contributed by atoms with Crippen LogP contribution in [0.15, 0.2) is 24.3 Å². The zero-order chi connectivity index (χ0) is 13.8. The van der Waals surface area contributed by atoms with Gasteiger partial charge in [-0.05, 0) is 13.8 Å². The van der Waals surface area contributed by atoms with Crippen LogP contribution >= 0.6 is 0 Å². The zero-order valence-electron chi connectivity index (χ0n) is 10.3. The number of carbonyl (C=O) groups excluding carboxylic acids is 1. The molecule has 0 heterocycles. The van der Waals surface area contributed by atoms with E-state index in [1.54, 1.807) is 13.0 Å². The van der Waals surface area contributed by atoms with Crippen molar-refractivity contribution in [3.8, 4) is 0 Å². The van der Waals surface area contributed by atoms with Gasteiger partial charge in [0.15, 0.2) is 5.60 Å². The molecule has 0 radical (unpaired) electrons. The van der Waals surface area contributed by atoms with Crippen molar-refractivity contribution in [1.29, 1.82) is 0 Å². The third-order valence-corrected chi connectivity index (χ3v) is 2.44. The van der Waals surface area contributed by atoms with Crippen LogP contribution in [0.5, 0.6) is 0 Å². The summed E-state index contributed by atoms with van der Waals surface area (Å²) in [7, 11) is 0. The lowest BCUT2D eigenvalue weighted by Crippen LogP contribution is -2.39. The molecule has 1 N–H and O–H groups in total. The molecule has 1 unspecified atom stereocenters. The highest BCUT2D eigenvalue weighted by Gasteiger charge is 2.34. The predicted octanol–water partition coefficient (Wildman–Crippen LogP) is 1.45. The monoisotopic (exact) mass is 253 g/mol. The van der Waals surface area contributed by atoms with Crippen molar-refractivity contribution >= 4 is 11.7 Å². The van der Waals surface area contributed by atoms with Crippen LogP contribution < -0.4 is 0 Å². The number of carbonyl (C=O) groups is 1. The maximum absolute atomic E-state index is 11.5. The molecule has 6 heteroatoms. The van der Waals surface area contributed by atoms with E-state index >= 15 is 0 Å². The Morgan fingerprint density at radius 1 is 1.50 bits per heavy atom. The Morgan fingerprint density at radius 2 is 2.11 bits per heavy atom. The largest absolute Gasteiger partial charge is 0.464 e. The second-order valence-corrected chi connectivity index (χ2v) is 4.06. The lowest BCUT2D eigenvalue weighted by atomic mass is 9.95. The smallest absolute Gasteiger partial charge is 0.338 e. The van der Waals surface area contributed by atoms with Gasteiger partial charge in [-0.1, -0.05) is 18.2 Å². The molecule has 0 spiro atoms. The molecule has 6 nitrogen and oxygen atoms in total. The fourth-order valence-electron chi connectivity index (χ4n) is 1.57. The third kappa shape index (κ3) is 3.27. The fraction of sp³-hybridized carbons (Fsp3) is 0.417. The molecule has 0 bridgehead atoms. The highest BCUT2D eigenvalue weighted by atomic mass is 16.6. The molecule has 0 saturated heterocycles. The van der Waals surface area contributed by atoms with Crippen molar-refractivity contribution in [1.82, 2.24) is 0 Å². The average molecular weight is 253 g/mol. The molecule has 1 aromatic rings. The summed E-state index contributed by atoms with van der Waals surface area (Å²) in [5.41, 5.74) is -1.61. The normalized spacial score (nSPS) is 13.7. The number of hydrogen-bond acceptors (Lipinski definition) is 5. The summed E-state index contributed by atoms with van der Waals surface area (Å²) < 4.78 is 4.72. The zero-order valence-corrected chi connectivity index (χ0v) is 10.3. The number of nitrogens with zero attached hydrogens (tertiary/aromatic N) is 1. The van der Waals surface area contributed by atoms with E-state index in [1.165, 1.54) is 25.1 Å². The van der Waals surface area contributed by atoms with Crippen LogP contribution in [0.3, 0.4) is 0 Å². The molecule has 0 aliphatic carbocycles. The summed E-state index contributed by atoms with van der Waals surface area (Å²) in [5, 5.41) is 20.8. The van der Waals surface area contributed by atoms with Crippen LogP contribution in [0.1, 0.15) is 19.4 Å². The second-order valence-electron chi connectivity index (χ2n) is 4.06. The molecule has 0 saturated carbocycles. The fourth-order valence-corrected chi connectivity index (χ4v) is 1.57. The molecular formula is C12H15NO5. The first-order valence-corrected chi connectivity index (χ1v) is 5.50. The Bertz CT molecular complexity index is 456. The van der Waals surface area contributed by atoms with Crippen molar-refractivity contribution < 1.29 is 19.6 Å². The lowest BCUT2D eigenvalue weighted by Gasteiger charge is -2.20. The minimum absolute atomic E-state index is 0.123. The minimum atomic E-state index is -1.78. The van der Waals surface area contributed by atoms with E-state index in [0.717, 1.165) is 0 Å². The Balaban J connectivity index is 2.97. The summed E-state index contributed by atoms with van der Waals surface area (Å²) >= 11 is 0. The van der Waals surface area contributed by atoms with Crippen molar-refractivity contribution in [2.24, 2.45) is 0 Å². The maximum atomic E-state index is 11.5. The molecule has 1 rings (SSSR count). The molecule has 0 aromatic heterocycles. The van der Waals surface area contributed by atoms with E-state index in [4.69, 9.17) is 4.74 Å². The number of benzene rings is 1. The van der Waals surface area contributed by atoms with E-state index in [-0.39, 0.29) is 18.7 Å². The third-order valence-electron chi connectivity index (χ3n) is 2.44. The van der Waals surface area contributed by atoms with E-state index in [9.17, 15) is 20.0 Å². The Morgan fingerprint density at radius 3 is 2.67 bits per heavy atom. The molecule has 1 aromatic carbocycles. The number of para-hydroxylation sites is 1.